The van der Waals surface area contributed by atoms with Gasteiger partial charge < -0.3 is 9.47 Å². The van der Waals surface area contributed by atoms with Crippen molar-refractivity contribution in [3.05, 3.63) is 29.3 Å². The number of rotatable bonds is 3. The number of benzene rings is 1. The molecule has 21 heavy (non-hydrogen) atoms. The molecule has 0 radical (unpaired) electrons. The molecule has 1 atom stereocenters. The van der Waals surface area contributed by atoms with Gasteiger partial charge in [-0.3, -0.25) is 0 Å². The summed E-state index contributed by atoms with van der Waals surface area (Å²) in [5.74, 6) is 1.71. The Labute approximate surface area is 127 Å². The molecule has 1 aromatic rings. The second kappa shape index (κ2) is 5.31. The Morgan fingerprint density at radius 2 is 1.81 bits per heavy atom. The molecule has 1 saturated heterocycles. The van der Waals surface area contributed by atoms with Crippen molar-refractivity contribution in [1.29, 1.82) is 0 Å². The number of methoxy groups -OCH3 is 1. The van der Waals surface area contributed by atoms with Crippen LogP contribution < -0.4 is 4.74 Å². The van der Waals surface area contributed by atoms with E-state index in [1.165, 1.54) is 68.9 Å². The average molecular weight is 286 g/mol. The van der Waals surface area contributed by atoms with Crippen LogP contribution in [0.15, 0.2) is 18.2 Å². The monoisotopic (exact) mass is 286 g/mol. The van der Waals surface area contributed by atoms with E-state index < -0.39 is 0 Å². The van der Waals surface area contributed by atoms with E-state index >= 15 is 0 Å². The summed E-state index contributed by atoms with van der Waals surface area (Å²) in [5, 5.41) is 0. The molecule has 0 aromatic heterocycles. The Morgan fingerprint density at radius 1 is 1.05 bits per heavy atom. The lowest BCUT2D eigenvalue weighted by molar-refractivity contribution is -0.246. The molecule has 3 aliphatic rings. The molecule has 2 nitrogen and oxygen atoms in total. The fraction of sp³-hybridized carbons (Fsp3) is 0.684. The SMILES string of the molecule is COc1ccc(C2CC3(CCC3)O2)c(C2CCCCC2)c1. The Kier molecular flexibility index (Phi) is 3.45. The second-order valence-electron chi connectivity index (χ2n) is 7.18. The second-order valence-corrected chi connectivity index (χ2v) is 7.18. The Morgan fingerprint density at radius 3 is 2.43 bits per heavy atom. The van der Waals surface area contributed by atoms with Gasteiger partial charge in [0.05, 0.1) is 18.8 Å². The highest BCUT2D eigenvalue weighted by molar-refractivity contribution is 5.40. The van der Waals surface area contributed by atoms with Crippen LogP contribution in [-0.2, 0) is 4.74 Å². The van der Waals surface area contributed by atoms with E-state index in [1.54, 1.807) is 7.11 Å². The van der Waals surface area contributed by atoms with Gasteiger partial charge in [0.15, 0.2) is 0 Å². The Hall–Kier alpha value is -1.02. The number of ether oxygens (including phenoxy) is 2. The van der Waals surface area contributed by atoms with Crippen LogP contribution in [-0.4, -0.2) is 12.7 Å². The van der Waals surface area contributed by atoms with Gasteiger partial charge >= 0.3 is 0 Å². The fourth-order valence-corrected chi connectivity index (χ4v) is 4.44. The van der Waals surface area contributed by atoms with E-state index in [-0.39, 0.29) is 5.60 Å². The van der Waals surface area contributed by atoms with Gasteiger partial charge in [-0.1, -0.05) is 25.3 Å². The van der Waals surface area contributed by atoms with Gasteiger partial charge in [-0.15, -0.1) is 0 Å². The summed E-state index contributed by atoms with van der Waals surface area (Å²) in [6, 6.07) is 6.65. The average Bonchev–Trinajstić information content (AvgIpc) is 2.45. The van der Waals surface area contributed by atoms with Crippen LogP contribution in [0.1, 0.15) is 80.9 Å². The zero-order valence-corrected chi connectivity index (χ0v) is 13.1. The van der Waals surface area contributed by atoms with Crippen molar-refractivity contribution in [2.45, 2.75) is 75.4 Å². The van der Waals surface area contributed by atoms with Crippen LogP contribution >= 0.6 is 0 Å². The molecule has 0 amide bonds. The lowest BCUT2D eigenvalue weighted by Gasteiger charge is -2.54. The summed E-state index contributed by atoms with van der Waals surface area (Å²) in [7, 11) is 1.77. The molecule has 1 unspecified atom stereocenters. The summed E-state index contributed by atoms with van der Waals surface area (Å²) in [6.07, 6.45) is 12.3. The molecule has 114 valence electrons. The highest BCUT2D eigenvalue weighted by Crippen LogP contribution is 2.55. The van der Waals surface area contributed by atoms with Crippen molar-refractivity contribution < 1.29 is 9.47 Å². The molecule has 0 bridgehead atoms. The molecule has 1 spiro atoms. The van der Waals surface area contributed by atoms with Crippen molar-refractivity contribution in [2.75, 3.05) is 7.11 Å². The zero-order chi connectivity index (χ0) is 14.3. The molecule has 2 aliphatic carbocycles. The lowest BCUT2D eigenvalue weighted by atomic mass is 9.69. The van der Waals surface area contributed by atoms with Crippen LogP contribution in [0, 0.1) is 0 Å². The predicted molar refractivity (Wildman–Crippen MR) is 83.8 cm³/mol. The summed E-state index contributed by atoms with van der Waals surface area (Å²) in [4.78, 5) is 0. The van der Waals surface area contributed by atoms with Gasteiger partial charge in [-0.05, 0) is 61.3 Å². The van der Waals surface area contributed by atoms with Gasteiger partial charge in [0.1, 0.15) is 5.75 Å². The molecular formula is C19H26O2. The predicted octanol–water partition coefficient (Wildman–Crippen LogP) is 5.13. The largest absolute Gasteiger partial charge is 0.497 e. The topological polar surface area (TPSA) is 18.5 Å². The zero-order valence-electron chi connectivity index (χ0n) is 13.1. The van der Waals surface area contributed by atoms with Crippen LogP contribution in [0.25, 0.3) is 0 Å². The maximum absolute atomic E-state index is 6.31. The van der Waals surface area contributed by atoms with Crippen molar-refractivity contribution in [2.24, 2.45) is 0 Å². The van der Waals surface area contributed by atoms with Gasteiger partial charge in [0.25, 0.3) is 0 Å². The Bertz CT molecular complexity index is 504. The van der Waals surface area contributed by atoms with E-state index in [2.05, 4.69) is 18.2 Å². The van der Waals surface area contributed by atoms with E-state index in [0.29, 0.717) is 12.0 Å². The quantitative estimate of drug-likeness (QED) is 0.767. The number of hydrogen-bond donors (Lipinski definition) is 0. The summed E-state index contributed by atoms with van der Waals surface area (Å²) in [5.41, 5.74) is 3.22. The van der Waals surface area contributed by atoms with Crippen molar-refractivity contribution in [1.82, 2.24) is 0 Å². The molecule has 0 N–H and O–H groups in total. The smallest absolute Gasteiger partial charge is 0.119 e. The van der Waals surface area contributed by atoms with E-state index in [4.69, 9.17) is 9.47 Å². The fourth-order valence-electron chi connectivity index (χ4n) is 4.44. The maximum Gasteiger partial charge on any atom is 0.119 e. The normalized spacial score (nSPS) is 28.0. The van der Waals surface area contributed by atoms with Crippen molar-refractivity contribution >= 4 is 0 Å². The summed E-state index contributed by atoms with van der Waals surface area (Å²) >= 11 is 0. The van der Waals surface area contributed by atoms with Crippen molar-refractivity contribution in [3.63, 3.8) is 0 Å². The van der Waals surface area contributed by atoms with E-state index in [9.17, 15) is 0 Å². The third-order valence-corrected chi connectivity index (χ3v) is 5.90. The van der Waals surface area contributed by atoms with Gasteiger partial charge in [-0.2, -0.15) is 0 Å². The first-order chi connectivity index (χ1) is 10.3. The molecule has 1 heterocycles. The maximum atomic E-state index is 6.31. The summed E-state index contributed by atoms with van der Waals surface area (Å²) in [6.45, 7) is 0. The van der Waals surface area contributed by atoms with Crippen LogP contribution in [0.2, 0.25) is 0 Å². The van der Waals surface area contributed by atoms with Crippen molar-refractivity contribution in [3.8, 4) is 5.75 Å². The first-order valence-electron chi connectivity index (χ1n) is 8.65. The molecule has 1 aliphatic heterocycles. The Balaban J connectivity index is 1.59. The molecule has 2 saturated carbocycles. The minimum absolute atomic E-state index is 0.272. The molecule has 3 fully saturated rings. The number of hydrogen-bond acceptors (Lipinski definition) is 2. The van der Waals surface area contributed by atoms with Crippen LogP contribution in [0.5, 0.6) is 5.75 Å². The first kappa shape index (κ1) is 13.6. The van der Waals surface area contributed by atoms with Crippen LogP contribution in [0.3, 0.4) is 0 Å². The third kappa shape index (κ3) is 2.38. The van der Waals surface area contributed by atoms with Gasteiger partial charge in [-0.25, -0.2) is 0 Å². The molecule has 2 heteroatoms. The minimum Gasteiger partial charge on any atom is -0.497 e. The molecule has 4 rings (SSSR count). The van der Waals surface area contributed by atoms with Crippen LogP contribution in [0.4, 0.5) is 0 Å². The van der Waals surface area contributed by atoms with E-state index in [1.807, 2.05) is 0 Å². The van der Waals surface area contributed by atoms with Gasteiger partial charge in [0, 0.05) is 6.42 Å². The first-order valence-corrected chi connectivity index (χ1v) is 8.65. The molecule has 1 aromatic carbocycles. The summed E-state index contributed by atoms with van der Waals surface area (Å²) < 4.78 is 11.8. The van der Waals surface area contributed by atoms with E-state index in [0.717, 1.165) is 5.75 Å². The third-order valence-electron chi connectivity index (χ3n) is 5.90. The highest BCUT2D eigenvalue weighted by atomic mass is 16.5. The lowest BCUT2D eigenvalue weighted by Crippen LogP contribution is -2.51. The standard InChI is InChI=1S/C19H26O2/c1-20-15-8-9-16(18-13-19(21-18)10-5-11-19)17(12-15)14-6-3-2-4-7-14/h8-9,12,14,18H,2-7,10-11,13H2,1H3. The molecular weight excluding hydrogens is 260 g/mol. The van der Waals surface area contributed by atoms with Gasteiger partial charge in [0.2, 0.25) is 0 Å². The highest BCUT2D eigenvalue weighted by Gasteiger charge is 2.50. The minimum atomic E-state index is 0.272.